The monoisotopic (exact) mass is 528 g/mol. The summed E-state index contributed by atoms with van der Waals surface area (Å²) in [7, 11) is -2.25. The van der Waals surface area contributed by atoms with Crippen LogP contribution in [0.3, 0.4) is 0 Å². The van der Waals surface area contributed by atoms with Crippen LogP contribution < -0.4 is 0 Å². The zero-order valence-electron chi connectivity index (χ0n) is 24.2. The van der Waals surface area contributed by atoms with Gasteiger partial charge in [-0.25, -0.2) is 0 Å². The molecule has 206 valence electrons. The molecule has 2 heterocycles. The van der Waals surface area contributed by atoms with Crippen molar-refractivity contribution in [2.45, 2.75) is 122 Å². The minimum absolute atomic E-state index is 0.0915. The summed E-state index contributed by atoms with van der Waals surface area (Å²) in [4.78, 5) is 13.8. The number of hydrogen-bond donors (Lipinski definition) is 0. The zero-order valence-corrected chi connectivity index (χ0v) is 25.2. The maximum absolute atomic E-state index is 13.8. The van der Waals surface area contributed by atoms with Crippen LogP contribution in [0.1, 0.15) is 80.2 Å². The van der Waals surface area contributed by atoms with Crippen LogP contribution in [-0.2, 0) is 30.0 Å². The van der Waals surface area contributed by atoms with E-state index in [-0.39, 0.29) is 48.0 Å². The Labute approximate surface area is 225 Å². The number of rotatable bonds is 10. The first-order valence-corrected chi connectivity index (χ1v) is 16.7. The maximum Gasteiger partial charge on any atom is 0.200 e. The lowest BCUT2D eigenvalue weighted by molar-refractivity contribution is -0.215. The lowest BCUT2D eigenvalue weighted by atomic mass is 9.48. The predicted octanol–water partition coefficient (Wildman–Crippen LogP) is 6.90. The highest BCUT2D eigenvalue weighted by Gasteiger charge is 2.77. The number of fused-ring (bicyclic) bond motifs is 1. The number of carbonyl (C=O) groups is 1. The molecule has 6 heteroatoms. The van der Waals surface area contributed by atoms with Crippen LogP contribution in [-0.4, -0.2) is 44.8 Å². The summed E-state index contributed by atoms with van der Waals surface area (Å²) in [6.07, 6.45) is 1.99. The molecule has 1 aromatic carbocycles. The molecule has 37 heavy (non-hydrogen) atoms. The van der Waals surface area contributed by atoms with Gasteiger partial charge in [0.15, 0.2) is 0 Å². The van der Waals surface area contributed by atoms with Gasteiger partial charge in [0.25, 0.3) is 0 Å². The molecular formula is C31H48O5Si. The van der Waals surface area contributed by atoms with E-state index in [1.54, 1.807) is 0 Å². The summed E-state index contributed by atoms with van der Waals surface area (Å²) >= 11 is 0. The van der Waals surface area contributed by atoms with Gasteiger partial charge in [-0.2, -0.15) is 0 Å². The van der Waals surface area contributed by atoms with Gasteiger partial charge < -0.3 is 18.6 Å². The van der Waals surface area contributed by atoms with Gasteiger partial charge >= 0.3 is 0 Å². The number of ketones is 1. The Balaban J connectivity index is 1.45. The molecule has 2 aliphatic carbocycles. The van der Waals surface area contributed by atoms with Gasteiger partial charge in [-0.3, -0.25) is 4.79 Å². The van der Waals surface area contributed by atoms with E-state index >= 15 is 0 Å². The van der Waals surface area contributed by atoms with Crippen LogP contribution in [0.15, 0.2) is 30.3 Å². The van der Waals surface area contributed by atoms with E-state index < -0.39 is 8.32 Å². The molecule has 5 rings (SSSR count). The zero-order chi connectivity index (χ0) is 26.8. The van der Waals surface area contributed by atoms with Crippen molar-refractivity contribution in [1.29, 1.82) is 0 Å². The van der Waals surface area contributed by atoms with Gasteiger partial charge in [-0.15, -0.1) is 0 Å². The number of carbonyl (C=O) groups excluding carboxylic acids is 1. The molecule has 4 fully saturated rings. The van der Waals surface area contributed by atoms with Crippen molar-refractivity contribution < 1.29 is 23.4 Å². The summed E-state index contributed by atoms with van der Waals surface area (Å²) in [6.45, 7) is 19.2. The third-order valence-electron chi connectivity index (χ3n) is 10.7. The second kappa shape index (κ2) is 9.85. The lowest BCUT2D eigenvalue weighted by Gasteiger charge is -2.59. The third kappa shape index (κ3) is 4.12. The average Bonchev–Trinajstić information content (AvgIpc) is 3.20. The SMILES string of the molecule is CC(C)[Si](O[C@H]1[C@H](OCOCc2ccccc2)[C@H]2[C@@H]3O[C@@]4(CCC(=O)[C@@H]31)[C@@H]2CC4(C)C)(C(C)C)C(C)C. The van der Waals surface area contributed by atoms with Crippen molar-refractivity contribution in [3.05, 3.63) is 35.9 Å². The number of hydrogen-bond acceptors (Lipinski definition) is 5. The van der Waals surface area contributed by atoms with Gasteiger partial charge in [0, 0.05) is 12.3 Å². The minimum Gasteiger partial charge on any atom is -0.410 e. The van der Waals surface area contributed by atoms with E-state index in [0.717, 1.165) is 18.4 Å². The van der Waals surface area contributed by atoms with E-state index in [1.165, 1.54) is 0 Å². The Kier molecular flexibility index (Phi) is 7.32. The second-order valence-electron chi connectivity index (χ2n) is 13.7. The van der Waals surface area contributed by atoms with Gasteiger partial charge in [-0.05, 0) is 46.4 Å². The second-order valence-corrected chi connectivity index (χ2v) is 19.1. The smallest absolute Gasteiger partial charge is 0.200 e. The van der Waals surface area contributed by atoms with Crippen molar-refractivity contribution in [1.82, 2.24) is 0 Å². The first-order chi connectivity index (χ1) is 17.5. The van der Waals surface area contributed by atoms with Gasteiger partial charge in [0.05, 0.1) is 36.4 Å². The van der Waals surface area contributed by atoms with Crippen molar-refractivity contribution >= 4 is 14.1 Å². The van der Waals surface area contributed by atoms with E-state index in [4.69, 9.17) is 18.6 Å². The summed E-state index contributed by atoms with van der Waals surface area (Å²) in [5.41, 5.74) is 2.33. The van der Waals surface area contributed by atoms with Crippen molar-refractivity contribution in [2.24, 2.45) is 23.2 Å². The van der Waals surface area contributed by atoms with Crippen molar-refractivity contribution in [3.63, 3.8) is 0 Å². The molecule has 0 unspecified atom stereocenters. The largest absolute Gasteiger partial charge is 0.410 e. The molecule has 0 amide bonds. The fraction of sp³-hybridized carbons (Fsp3) is 0.774. The van der Waals surface area contributed by atoms with Gasteiger partial charge in [0.1, 0.15) is 12.6 Å². The number of ether oxygens (including phenoxy) is 3. The molecule has 1 spiro atoms. The molecule has 2 saturated heterocycles. The molecule has 7 atom stereocenters. The van der Waals surface area contributed by atoms with Crippen LogP contribution >= 0.6 is 0 Å². The maximum atomic E-state index is 13.8. The third-order valence-corrected chi connectivity index (χ3v) is 16.8. The van der Waals surface area contributed by atoms with Crippen LogP contribution in [0.4, 0.5) is 0 Å². The molecule has 5 nitrogen and oxygen atoms in total. The van der Waals surface area contributed by atoms with Gasteiger partial charge in [-0.1, -0.05) is 85.7 Å². The van der Waals surface area contributed by atoms with Crippen LogP contribution in [0.25, 0.3) is 0 Å². The van der Waals surface area contributed by atoms with E-state index in [9.17, 15) is 4.79 Å². The average molecular weight is 529 g/mol. The van der Waals surface area contributed by atoms with Crippen LogP contribution in [0.2, 0.25) is 16.6 Å². The molecule has 0 N–H and O–H groups in total. The highest BCUT2D eigenvalue weighted by atomic mass is 28.4. The van der Waals surface area contributed by atoms with Crippen LogP contribution in [0.5, 0.6) is 0 Å². The Morgan fingerprint density at radius 2 is 1.65 bits per heavy atom. The van der Waals surface area contributed by atoms with E-state index in [2.05, 4.69) is 67.5 Å². The summed E-state index contributed by atoms with van der Waals surface area (Å²) in [5.74, 6) is 0.677. The molecule has 2 aliphatic heterocycles. The first-order valence-electron chi connectivity index (χ1n) is 14.6. The Bertz CT molecular complexity index is 953. The van der Waals surface area contributed by atoms with E-state index in [1.807, 2.05) is 18.2 Å². The van der Waals surface area contributed by atoms with Gasteiger partial charge in [0.2, 0.25) is 8.32 Å². The van der Waals surface area contributed by atoms with Crippen LogP contribution in [0, 0.1) is 23.2 Å². The predicted molar refractivity (Wildman–Crippen MR) is 148 cm³/mol. The summed E-state index contributed by atoms with van der Waals surface area (Å²) in [6, 6.07) is 10.2. The van der Waals surface area contributed by atoms with Crippen molar-refractivity contribution in [2.75, 3.05) is 6.79 Å². The minimum atomic E-state index is -2.25. The topological polar surface area (TPSA) is 54.0 Å². The summed E-state index contributed by atoms with van der Waals surface area (Å²) < 4.78 is 27.1. The molecule has 0 radical (unpaired) electrons. The van der Waals surface area contributed by atoms with E-state index in [0.29, 0.717) is 41.4 Å². The number of benzene rings is 1. The molecule has 1 aromatic rings. The Morgan fingerprint density at radius 3 is 2.24 bits per heavy atom. The fourth-order valence-corrected chi connectivity index (χ4v) is 14.7. The molecule has 2 bridgehead atoms. The highest BCUT2D eigenvalue weighted by molar-refractivity contribution is 6.77. The molecular weight excluding hydrogens is 480 g/mol. The first kappa shape index (κ1) is 27.5. The summed E-state index contributed by atoms with van der Waals surface area (Å²) in [5, 5.41) is 0. The highest BCUT2D eigenvalue weighted by Crippen LogP contribution is 2.71. The standard InChI is InChI=1S/C31H48O5Si/c1-19(2)37(20(3)4,21(5)6)36-29-26-24(32)14-15-31-23(16-30(31,7)8)25(27(26)35-31)28(29)34-18-33-17-22-12-10-9-11-13-22/h9-13,19-21,23,25-29H,14-18H2,1-8H3/t23-,25-,26+,27+,28-,29-,31+/m1/s1. The van der Waals surface area contributed by atoms with Crippen molar-refractivity contribution in [3.8, 4) is 0 Å². The normalized spacial score (nSPS) is 36.2. The quantitative estimate of drug-likeness (QED) is 0.188. The Hall–Kier alpha value is -1.05. The Morgan fingerprint density at radius 1 is 1.00 bits per heavy atom. The molecule has 4 aliphatic rings. The fourth-order valence-electron chi connectivity index (χ4n) is 9.12. The molecule has 2 saturated carbocycles. The number of Topliss-reactive ketones (excluding diaryl/α,β-unsaturated/α-hetero) is 1. The molecule has 0 aromatic heterocycles. The lowest BCUT2D eigenvalue weighted by Crippen LogP contribution is -2.62.